The van der Waals surface area contributed by atoms with Gasteiger partial charge in [-0.2, -0.15) is 17.4 Å². The summed E-state index contributed by atoms with van der Waals surface area (Å²) in [5.41, 5.74) is 2.25. The second kappa shape index (κ2) is 6.60. The van der Waals surface area contributed by atoms with Crippen molar-refractivity contribution >= 4 is 10.2 Å². The molecule has 22 heavy (non-hydrogen) atoms. The number of rotatable bonds is 5. The lowest BCUT2D eigenvalue weighted by Crippen LogP contribution is -2.30. The zero-order chi connectivity index (χ0) is 15.4. The number of benzene rings is 2. The molecule has 3 rings (SSSR count). The van der Waals surface area contributed by atoms with Crippen molar-refractivity contribution in [2.45, 2.75) is 18.9 Å². The molecule has 0 spiro atoms. The van der Waals surface area contributed by atoms with E-state index in [4.69, 9.17) is 0 Å². The van der Waals surface area contributed by atoms with Crippen LogP contribution in [0.25, 0.3) is 0 Å². The molecule has 2 aromatic rings. The Hall–Kier alpha value is -1.69. The average Bonchev–Trinajstić information content (AvgIpc) is 2.84. The van der Waals surface area contributed by atoms with E-state index in [1.165, 1.54) is 5.56 Å². The second-order valence-corrected chi connectivity index (χ2v) is 7.24. The minimum Gasteiger partial charge on any atom is -0.195 e. The smallest absolute Gasteiger partial charge is 0.195 e. The Morgan fingerprint density at radius 3 is 2.32 bits per heavy atom. The Morgan fingerprint density at radius 2 is 1.64 bits per heavy atom. The molecule has 0 aromatic heterocycles. The van der Waals surface area contributed by atoms with Gasteiger partial charge in [-0.15, -0.1) is 0 Å². The molecule has 1 atom stereocenters. The van der Waals surface area contributed by atoms with Gasteiger partial charge >= 0.3 is 0 Å². The predicted octanol–water partition coefficient (Wildman–Crippen LogP) is 2.51. The van der Waals surface area contributed by atoms with Crippen LogP contribution in [0.5, 0.6) is 0 Å². The predicted molar refractivity (Wildman–Crippen MR) is 87.6 cm³/mol. The van der Waals surface area contributed by atoms with Gasteiger partial charge in [0.2, 0.25) is 0 Å². The van der Waals surface area contributed by atoms with E-state index in [1.54, 1.807) is 4.31 Å². The third-order valence-corrected chi connectivity index (χ3v) is 5.53. The van der Waals surface area contributed by atoms with Crippen molar-refractivity contribution in [2.75, 3.05) is 13.1 Å². The first-order chi connectivity index (χ1) is 10.6. The molecule has 2 aromatic carbocycles. The molecule has 1 fully saturated rings. The average molecular weight is 316 g/mol. The number of nitrogens with one attached hydrogen (secondary N) is 1. The lowest BCUT2D eigenvalue weighted by Gasteiger charge is -2.13. The molecule has 0 radical (unpaired) electrons. The molecule has 1 N–H and O–H groups in total. The monoisotopic (exact) mass is 316 g/mol. The summed E-state index contributed by atoms with van der Waals surface area (Å²) in [4.78, 5) is 0. The Kier molecular flexibility index (Phi) is 4.57. The summed E-state index contributed by atoms with van der Waals surface area (Å²) >= 11 is 0. The minimum absolute atomic E-state index is 0.150. The minimum atomic E-state index is -3.36. The molecule has 0 amide bonds. The topological polar surface area (TPSA) is 49.4 Å². The third kappa shape index (κ3) is 3.55. The summed E-state index contributed by atoms with van der Waals surface area (Å²) in [5, 5.41) is 0. The molecule has 1 saturated heterocycles. The zero-order valence-electron chi connectivity index (χ0n) is 12.4. The van der Waals surface area contributed by atoms with Gasteiger partial charge in [-0.05, 0) is 24.0 Å². The van der Waals surface area contributed by atoms with Crippen molar-refractivity contribution in [3.8, 4) is 0 Å². The van der Waals surface area contributed by atoms with E-state index >= 15 is 0 Å². The molecule has 1 aliphatic heterocycles. The number of hydrogen-bond acceptors (Lipinski definition) is 2. The molecule has 5 heteroatoms. The largest absolute Gasteiger partial charge is 0.280 e. The first-order valence-electron chi connectivity index (χ1n) is 7.51. The Balaban J connectivity index is 1.60. The fraction of sp³-hybridized carbons (Fsp3) is 0.294. The third-order valence-electron chi connectivity index (χ3n) is 3.94. The van der Waals surface area contributed by atoms with E-state index in [0.717, 1.165) is 18.4 Å². The molecule has 0 aliphatic carbocycles. The van der Waals surface area contributed by atoms with Crippen LogP contribution in [0.15, 0.2) is 60.7 Å². The SMILES string of the molecule is O=S1(=O)NC(c2ccccc2)CN1CCCc1ccccc1. The van der Waals surface area contributed by atoms with Gasteiger partial charge in [0.1, 0.15) is 0 Å². The summed E-state index contributed by atoms with van der Waals surface area (Å²) in [5.74, 6) is 0. The van der Waals surface area contributed by atoms with Crippen LogP contribution in [0.4, 0.5) is 0 Å². The highest BCUT2D eigenvalue weighted by Crippen LogP contribution is 2.23. The summed E-state index contributed by atoms with van der Waals surface area (Å²) in [6, 6.07) is 19.7. The van der Waals surface area contributed by atoms with E-state index < -0.39 is 10.2 Å². The fourth-order valence-electron chi connectivity index (χ4n) is 2.77. The first-order valence-corrected chi connectivity index (χ1v) is 8.95. The molecule has 1 heterocycles. The van der Waals surface area contributed by atoms with E-state index in [-0.39, 0.29) is 6.04 Å². The highest BCUT2D eigenvalue weighted by Gasteiger charge is 2.35. The maximum absolute atomic E-state index is 12.2. The van der Waals surface area contributed by atoms with Gasteiger partial charge < -0.3 is 0 Å². The van der Waals surface area contributed by atoms with Gasteiger partial charge in [0, 0.05) is 13.1 Å². The quantitative estimate of drug-likeness (QED) is 0.921. The summed E-state index contributed by atoms with van der Waals surface area (Å²) in [7, 11) is -3.36. The number of aryl methyl sites for hydroxylation is 1. The zero-order valence-corrected chi connectivity index (χ0v) is 13.2. The molecule has 4 nitrogen and oxygen atoms in total. The van der Waals surface area contributed by atoms with Gasteiger partial charge in [0.25, 0.3) is 10.2 Å². The van der Waals surface area contributed by atoms with Crippen LogP contribution in [0, 0.1) is 0 Å². The summed E-state index contributed by atoms with van der Waals surface area (Å²) in [6.45, 7) is 1.05. The van der Waals surface area contributed by atoms with Gasteiger partial charge in [-0.1, -0.05) is 60.7 Å². The maximum Gasteiger partial charge on any atom is 0.280 e. The van der Waals surface area contributed by atoms with Crippen LogP contribution < -0.4 is 4.72 Å². The van der Waals surface area contributed by atoms with E-state index in [0.29, 0.717) is 13.1 Å². The van der Waals surface area contributed by atoms with E-state index in [2.05, 4.69) is 16.9 Å². The van der Waals surface area contributed by atoms with Crippen LogP contribution in [0.1, 0.15) is 23.6 Å². The molecule has 1 aliphatic rings. The number of hydrogen-bond donors (Lipinski definition) is 1. The Morgan fingerprint density at radius 1 is 1.00 bits per heavy atom. The van der Waals surface area contributed by atoms with Gasteiger partial charge in [0.15, 0.2) is 0 Å². The van der Waals surface area contributed by atoms with E-state index in [9.17, 15) is 8.42 Å². The van der Waals surface area contributed by atoms with Crippen LogP contribution in [-0.2, 0) is 16.6 Å². The second-order valence-electron chi connectivity index (χ2n) is 5.53. The molecular formula is C17H20N2O2S. The van der Waals surface area contributed by atoms with Crippen molar-refractivity contribution < 1.29 is 8.42 Å². The normalized spacial score (nSPS) is 21.0. The van der Waals surface area contributed by atoms with Gasteiger partial charge in [-0.25, -0.2) is 0 Å². The molecule has 116 valence electrons. The van der Waals surface area contributed by atoms with Crippen molar-refractivity contribution in [3.63, 3.8) is 0 Å². The van der Waals surface area contributed by atoms with Crippen LogP contribution in [-0.4, -0.2) is 25.8 Å². The Bertz CT molecular complexity index is 702. The summed E-state index contributed by atoms with van der Waals surface area (Å²) < 4.78 is 28.7. The first kappa shape index (κ1) is 15.2. The van der Waals surface area contributed by atoms with Crippen molar-refractivity contribution in [2.24, 2.45) is 0 Å². The van der Waals surface area contributed by atoms with E-state index in [1.807, 2.05) is 48.5 Å². The number of nitrogens with zero attached hydrogens (tertiary/aromatic N) is 1. The molecular weight excluding hydrogens is 296 g/mol. The highest BCUT2D eigenvalue weighted by atomic mass is 32.2. The maximum atomic E-state index is 12.2. The lowest BCUT2D eigenvalue weighted by molar-refractivity contribution is 0.422. The van der Waals surface area contributed by atoms with Gasteiger partial charge in [0.05, 0.1) is 6.04 Å². The van der Waals surface area contributed by atoms with Crippen LogP contribution in [0.2, 0.25) is 0 Å². The highest BCUT2D eigenvalue weighted by molar-refractivity contribution is 7.87. The molecule has 0 saturated carbocycles. The van der Waals surface area contributed by atoms with Crippen molar-refractivity contribution in [1.82, 2.24) is 9.03 Å². The molecule has 1 unspecified atom stereocenters. The summed E-state index contributed by atoms with van der Waals surface area (Å²) in [6.07, 6.45) is 1.72. The van der Waals surface area contributed by atoms with Crippen molar-refractivity contribution in [1.29, 1.82) is 0 Å². The van der Waals surface area contributed by atoms with Crippen LogP contribution in [0.3, 0.4) is 0 Å². The molecule has 0 bridgehead atoms. The van der Waals surface area contributed by atoms with Gasteiger partial charge in [-0.3, -0.25) is 0 Å². The Labute approximate surface area is 132 Å². The standard InChI is InChI=1S/C17H20N2O2S/c20-22(21)18-17(16-11-5-2-6-12-16)14-19(22)13-7-10-15-8-3-1-4-9-15/h1-6,8-9,11-12,17-18H,7,10,13-14H2. The van der Waals surface area contributed by atoms with Crippen molar-refractivity contribution in [3.05, 3.63) is 71.8 Å². The van der Waals surface area contributed by atoms with Crippen LogP contribution >= 0.6 is 0 Å². The lowest BCUT2D eigenvalue weighted by atomic mass is 10.1. The fourth-order valence-corrected chi connectivity index (χ4v) is 4.20.